The van der Waals surface area contributed by atoms with Gasteiger partial charge in [-0.25, -0.2) is 0 Å². The van der Waals surface area contributed by atoms with Crippen molar-refractivity contribution in [2.24, 2.45) is 0 Å². The number of amides is 1. The van der Waals surface area contributed by atoms with Gasteiger partial charge >= 0.3 is 0 Å². The van der Waals surface area contributed by atoms with E-state index in [1.54, 1.807) is 25.3 Å². The molecule has 0 aliphatic rings. The molecule has 0 saturated heterocycles. The topological polar surface area (TPSA) is 110 Å². The number of nitrogens with two attached hydrogens (primary N) is 1. The zero-order valence-electron chi connectivity index (χ0n) is 11.5. The predicted molar refractivity (Wildman–Crippen MR) is 77.8 cm³/mol. The Morgan fingerprint density at radius 2 is 2.33 bits per heavy atom. The number of fused-ring (bicyclic) bond motifs is 1. The molecule has 108 valence electrons. The first-order valence-electron chi connectivity index (χ1n) is 6.57. The first-order chi connectivity index (χ1) is 10.1. The van der Waals surface area contributed by atoms with Crippen LogP contribution in [-0.4, -0.2) is 27.6 Å². The largest absolute Gasteiger partial charge is 0.399 e. The average Bonchev–Trinajstić information content (AvgIpc) is 3.04. The number of nitrogen functional groups attached to an aromatic ring is 1. The lowest BCUT2D eigenvalue weighted by atomic mass is 10.1. The van der Waals surface area contributed by atoms with Crippen molar-refractivity contribution >= 4 is 22.5 Å². The van der Waals surface area contributed by atoms with Gasteiger partial charge in [-0.05, 0) is 18.2 Å². The molecule has 2 aromatic heterocycles. The summed E-state index contributed by atoms with van der Waals surface area (Å²) in [7, 11) is 0. The van der Waals surface area contributed by atoms with E-state index in [4.69, 9.17) is 10.3 Å². The first kappa shape index (κ1) is 13.2. The van der Waals surface area contributed by atoms with Gasteiger partial charge in [0.05, 0.1) is 5.56 Å². The maximum Gasteiger partial charge on any atom is 0.253 e. The van der Waals surface area contributed by atoms with E-state index in [9.17, 15) is 4.79 Å². The smallest absolute Gasteiger partial charge is 0.253 e. The summed E-state index contributed by atoms with van der Waals surface area (Å²) in [6, 6.07) is 5.40. The Kier molecular flexibility index (Phi) is 3.31. The number of carbonyl (C=O) groups is 1. The molecular formula is C14H15N5O2. The number of benzene rings is 1. The molecule has 3 rings (SSSR count). The Bertz CT molecular complexity index is 790. The van der Waals surface area contributed by atoms with Crippen LogP contribution in [0.15, 0.2) is 28.9 Å². The monoisotopic (exact) mass is 285 g/mol. The fraction of sp³-hybridized carbons (Fsp3) is 0.214. The summed E-state index contributed by atoms with van der Waals surface area (Å²) in [5.74, 6) is 0.955. The number of nitrogens with one attached hydrogen (secondary N) is 2. The molecule has 0 bridgehead atoms. The molecule has 0 unspecified atom stereocenters. The van der Waals surface area contributed by atoms with E-state index in [1.807, 2.05) is 6.07 Å². The molecule has 0 aliphatic heterocycles. The predicted octanol–water partition coefficient (Wildman–Crippen LogP) is 1.41. The maximum atomic E-state index is 12.2. The number of hydrogen-bond acceptors (Lipinski definition) is 5. The zero-order chi connectivity index (χ0) is 14.8. The zero-order valence-corrected chi connectivity index (χ0v) is 11.5. The second kappa shape index (κ2) is 5.28. The van der Waals surface area contributed by atoms with E-state index in [1.165, 1.54) is 0 Å². The summed E-state index contributed by atoms with van der Waals surface area (Å²) in [6.07, 6.45) is 2.20. The lowest BCUT2D eigenvalue weighted by Gasteiger charge is -2.02. The molecule has 3 aromatic rings. The third kappa shape index (κ3) is 2.71. The molecule has 1 amide bonds. The van der Waals surface area contributed by atoms with Crippen LogP contribution in [0.2, 0.25) is 0 Å². The Hall–Kier alpha value is -2.83. The number of carbonyl (C=O) groups excluding carboxylic acids is 1. The van der Waals surface area contributed by atoms with Crippen LogP contribution in [0.3, 0.4) is 0 Å². The summed E-state index contributed by atoms with van der Waals surface area (Å²) >= 11 is 0. The normalized spacial score (nSPS) is 10.9. The fourth-order valence-electron chi connectivity index (χ4n) is 2.16. The molecule has 21 heavy (non-hydrogen) atoms. The van der Waals surface area contributed by atoms with Crippen molar-refractivity contribution < 1.29 is 9.32 Å². The molecule has 0 atom stereocenters. The fourth-order valence-corrected chi connectivity index (χ4v) is 2.16. The third-order valence-corrected chi connectivity index (χ3v) is 3.15. The van der Waals surface area contributed by atoms with Gasteiger partial charge in [-0.2, -0.15) is 4.98 Å². The molecule has 7 nitrogen and oxygen atoms in total. The first-order valence-corrected chi connectivity index (χ1v) is 6.57. The summed E-state index contributed by atoms with van der Waals surface area (Å²) in [6.45, 7) is 2.17. The average molecular weight is 285 g/mol. The minimum Gasteiger partial charge on any atom is -0.399 e. The molecule has 1 aromatic carbocycles. The number of rotatable bonds is 4. The number of hydrogen-bond donors (Lipinski definition) is 3. The number of aryl methyl sites for hydroxylation is 1. The second-order valence-corrected chi connectivity index (χ2v) is 4.74. The Labute approximate surface area is 120 Å². The van der Waals surface area contributed by atoms with Crippen molar-refractivity contribution in [2.75, 3.05) is 12.3 Å². The molecular weight excluding hydrogens is 270 g/mol. The molecule has 0 radical (unpaired) electrons. The van der Waals surface area contributed by atoms with E-state index < -0.39 is 0 Å². The summed E-state index contributed by atoms with van der Waals surface area (Å²) in [5, 5.41) is 7.46. The van der Waals surface area contributed by atoms with E-state index in [2.05, 4.69) is 20.4 Å². The van der Waals surface area contributed by atoms with Gasteiger partial charge in [-0.3, -0.25) is 4.79 Å². The Morgan fingerprint density at radius 1 is 1.48 bits per heavy atom. The lowest BCUT2D eigenvalue weighted by molar-refractivity contribution is 0.0955. The van der Waals surface area contributed by atoms with Crippen molar-refractivity contribution in [1.82, 2.24) is 20.4 Å². The van der Waals surface area contributed by atoms with Crippen molar-refractivity contribution in [1.29, 1.82) is 0 Å². The van der Waals surface area contributed by atoms with Crippen LogP contribution in [0.1, 0.15) is 22.1 Å². The van der Waals surface area contributed by atoms with Crippen LogP contribution in [0.5, 0.6) is 0 Å². The minimum absolute atomic E-state index is 0.147. The van der Waals surface area contributed by atoms with Gasteiger partial charge in [0.25, 0.3) is 5.91 Å². The molecule has 4 N–H and O–H groups in total. The molecule has 7 heteroatoms. The van der Waals surface area contributed by atoms with Gasteiger partial charge in [-0.15, -0.1) is 0 Å². The van der Waals surface area contributed by atoms with E-state index in [-0.39, 0.29) is 5.91 Å². The third-order valence-electron chi connectivity index (χ3n) is 3.15. The number of aromatic amines is 1. The van der Waals surface area contributed by atoms with Crippen LogP contribution in [-0.2, 0) is 6.42 Å². The van der Waals surface area contributed by atoms with E-state index >= 15 is 0 Å². The Morgan fingerprint density at radius 3 is 3.10 bits per heavy atom. The van der Waals surface area contributed by atoms with Gasteiger partial charge in [0.15, 0.2) is 5.82 Å². The van der Waals surface area contributed by atoms with Gasteiger partial charge in [0.2, 0.25) is 5.89 Å². The van der Waals surface area contributed by atoms with Crippen molar-refractivity contribution in [3.8, 4) is 0 Å². The second-order valence-electron chi connectivity index (χ2n) is 4.74. The molecule has 2 heterocycles. The van der Waals surface area contributed by atoms with Gasteiger partial charge in [0.1, 0.15) is 0 Å². The maximum absolute atomic E-state index is 12.2. The van der Waals surface area contributed by atoms with Crippen LogP contribution in [0.25, 0.3) is 10.9 Å². The minimum atomic E-state index is -0.147. The number of nitrogens with zero attached hydrogens (tertiary/aromatic N) is 2. The number of aromatic nitrogens is 3. The molecule has 0 saturated carbocycles. The highest BCUT2D eigenvalue weighted by atomic mass is 16.5. The van der Waals surface area contributed by atoms with Gasteiger partial charge in [0, 0.05) is 42.7 Å². The molecule has 0 spiro atoms. The van der Waals surface area contributed by atoms with Gasteiger partial charge in [-0.1, -0.05) is 5.16 Å². The highest BCUT2D eigenvalue weighted by Gasteiger charge is 2.12. The van der Waals surface area contributed by atoms with Crippen molar-refractivity contribution in [3.63, 3.8) is 0 Å². The lowest BCUT2D eigenvalue weighted by Crippen LogP contribution is -2.25. The van der Waals surface area contributed by atoms with Gasteiger partial charge < -0.3 is 20.6 Å². The summed E-state index contributed by atoms with van der Waals surface area (Å²) < 4.78 is 4.87. The SMILES string of the molecule is Cc1nc(CCNC(=O)c2c[nH]c3cc(N)ccc23)no1. The van der Waals surface area contributed by atoms with E-state index in [0.29, 0.717) is 35.9 Å². The van der Waals surface area contributed by atoms with Crippen molar-refractivity contribution in [2.45, 2.75) is 13.3 Å². The molecule has 0 aliphatic carbocycles. The van der Waals surface area contributed by atoms with Crippen LogP contribution in [0, 0.1) is 6.92 Å². The highest BCUT2D eigenvalue weighted by Crippen LogP contribution is 2.20. The summed E-state index contributed by atoms with van der Waals surface area (Å²) in [5.41, 5.74) is 7.80. The standard InChI is InChI=1S/C14H15N5O2/c1-8-18-13(19-21-8)4-5-16-14(20)11-7-17-12-6-9(15)2-3-10(11)12/h2-3,6-7,17H,4-5,15H2,1H3,(H,16,20). The Balaban J connectivity index is 1.66. The van der Waals surface area contributed by atoms with Crippen LogP contribution < -0.4 is 11.1 Å². The summed E-state index contributed by atoms with van der Waals surface area (Å²) in [4.78, 5) is 19.3. The van der Waals surface area contributed by atoms with Crippen LogP contribution in [0.4, 0.5) is 5.69 Å². The van der Waals surface area contributed by atoms with E-state index in [0.717, 1.165) is 10.9 Å². The molecule has 0 fully saturated rings. The number of anilines is 1. The number of H-pyrrole nitrogens is 1. The highest BCUT2D eigenvalue weighted by molar-refractivity contribution is 6.07. The quantitative estimate of drug-likeness (QED) is 0.628. The van der Waals surface area contributed by atoms with Crippen molar-refractivity contribution in [3.05, 3.63) is 41.7 Å². The van der Waals surface area contributed by atoms with Crippen LogP contribution >= 0.6 is 0 Å².